The SMILES string of the molecule is CN(CCc1n[nH]c(Cc2ccccc2)n1)C1CCS(=O)(=O)C1. The van der Waals surface area contributed by atoms with Crippen molar-refractivity contribution in [1.82, 2.24) is 20.1 Å². The third-order valence-electron chi connectivity index (χ3n) is 4.31. The molecular weight excluding hydrogens is 312 g/mol. The number of aromatic amines is 1. The summed E-state index contributed by atoms with van der Waals surface area (Å²) in [7, 11) is -0.858. The van der Waals surface area contributed by atoms with Crippen LogP contribution in [0.1, 0.15) is 23.6 Å². The van der Waals surface area contributed by atoms with Gasteiger partial charge in [0.05, 0.1) is 11.5 Å². The molecule has 3 rings (SSSR count). The molecule has 0 saturated carbocycles. The molecular formula is C16H22N4O2S. The molecule has 124 valence electrons. The van der Waals surface area contributed by atoms with Crippen LogP contribution in [-0.4, -0.2) is 59.6 Å². The molecule has 0 aliphatic carbocycles. The molecule has 7 heteroatoms. The lowest BCUT2D eigenvalue weighted by Gasteiger charge is -2.22. The monoisotopic (exact) mass is 334 g/mol. The lowest BCUT2D eigenvalue weighted by molar-refractivity contribution is 0.264. The van der Waals surface area contributed by atoms with E-state index in [1.807, 2.05) is 25.2 Å². The third kappa shape index (κ3) is 4.39. The highest BCUT2D eigenvalue weighted by Gasteiger charge is 2.30. The molecule has 0 amide bonds. The molecule has 1 saturated heterocycles. The molecule has 0 bridgehead atoms. The summed E-state index contributed by atoms with van der Waals surface area (Å²) in [5, 5.41) is 7.24. The number of nitrogens with one attached hydrogen (secondary N) is 1. The van der Waals surface area contributed by atoms with Gasteiger partial charge in [-0.25, -0.2) is 13.4 Å². The maximum atomic E-state index is 11.5. The summed E-state index contributed by atoms with van der Waals surface area (Å²) >= 11 is 0. The first-order chi connectivity index (χ1) is 11.0. The molecule has 1 aliphatic rings. The average Bonchev–Trinajstić information content (AvgIpc) is 3.12. The minimum Gasteiger partial charge on any atom is -0.302 e. The van der Waals surface area contributed by atoms with E-state index in [4.69, 9.17) is 0 Å². The zero-order valence-electron chi connectivity index (χ0n) is 13.3. The quantitative estimate of drug-likeness (QED) is 0.854. The topological polar surface area (TPSA) is 79.0 Å². The van der Waals surface area contributed by atoms with E-state index in [1.54, 1.807) is 0 Å². The van der Waals surface area contributed by atoms with E-state index in [-0.39, 0.29) is 11.8 Å². The number of aromatic nitrogens is 3. The van der Waals surface area contributed by atoms with Crippen LogP contribution in [0.4, 0.5) is 0 Å². The number of H-pyrrole nitrogens is 1. The Bertz CT molecular complexity index is 742. The number of rotatable bonds is 6. The Kier molecular flexibility index (Phi) is 4.77. The molecule has 1 aliphatic heterocycles. The molecule has 0 spiro atoms. The standard InChI is InChI=1S/C16H22N4O2S/c1-20(14-8-10-23(21,22)12-14)9-7-15-17-16(19-18-15)11-13-5-3-2-4-6-13/h2-6,14H,7-12H2,1H3,(H,17,18,19). The van der Waals surface area contributed by atoms with Gasteiger partial charge in [0, 0.05) is 25.4 Å². The lowest BCUT2D eigenvalue weighted by atomic mass is 10.1. The van der Waals surface area contributed by atoms with Crippen molar-refractivity contribution in [2.75, 3.05) is 25.1 Å². The summed E-state index contributed by atoms with van der Waals surface area (Å²) < 4.78 is 23.1. The fourth-order valence-corrected chi connectivity index (χ4v) is 4.70. The molecule has 23 heavy (non-hydrogen) atoms. The van der Waals surface area contributed by atoms with Gasteiger partial charge in [0.25, 0.3) is 0 Å². The summed E-state index contributed by atoms with van der Waals surface area (Å²) in [4.78, 5) is 6.63. The highest BCUT2D eigenvalue weighted by atomic mass is 32.2. The van der Waals surface area contributed by atoms with Crippen LogP contribution in [0.25, 0.3) is 0 Å². The van der Waals surface area contributed by atoms with Gasteiger partial charge in [0.15, 0.2) is 15.7 Å². The molecule has 6 nitrogen and oxygen atoms in total. The van der Waals surface area contributed by atoms with E-state index in [0.29, 0.717) is 5.75 Å². The Hall–Kier alpha value is -1.73. The van der Waals surface area contributed by atoms with Crippen molar-refractivity contribution in [1.29, 1.82) is 0 Å². The number of likely N-dealkylation sites (N-methyl/N-ethyl adjacent to an activating group) is 1. The van der Waals surface area contributed by atoms with Crippen molar-refractivity contribution in [2.24, 2.45) is 0 Å². The van der Waals surface area contributed by atoms with Crippen molar-refractivity contribution < 1.29 is 8.42 Å². The lowest BCUT2D eigenvalue weighted by Crippen LogP contribution is -2.34. The first-order valence-electron chi connectivity index (χ1n) is 7.86. The predicted molar refractivity (Wildman–Crippen MR) is 89.0 cm³/mol. The molecule has 1 N–H and O–H groups in total. The van der Waals surface area contributed by atoms with E-state index < -0.39 is 9.84 Å². The molecule has 0 radical (unpaired) electrons. The van der Waals surface area contributed by atoms with Crippen molar-refractivity contribution >= 4 is 9.84 Å². The van der Waals surface area contributed by atoms with Crippen molar-refractivity contribution in [2.45, 2.75) is 25.3 Å². The maximum Gasteiger partial charge on any atom is 0.151 e. The van der Waals surface area contributed by atoms with Crippen LogP contribution < -0.4 is 0 Å². The smallest absolute Gasteiger partial charge is 0.151 e. The van der Waals surface area contributed by atoms with Gasteiger partial charge in [0.2, 0.25) is 0 Å². The van der Waals surface area contributed by atoms with E-state index in [1.165, 1.54) is 5.56 Å². The number of hydrogen-bond acceptors (Lipinski definition) is 5. The van der Waals surface area contributed by atoms with E-state index in [9.17, 15) is 8.42 Å². The van der Waals surface area contributed by atoms with Crippen LogP contribution in [0.3, 0.4) is 0 Å². The van der Waals surface area contributed by atoms with Gasteiger partial charge in [-0.15, -0.1) is 0 Å². The van der Waals surface area contributed by atoms with Gasteiger partial charge < -0.3 is 4.90 Å². The Morgan fingerprint density at radius 3 is 2.78 bits per heavy atom. The molecule has 2 heterocycles. The Morgan fingerprint density at radius 2 is 2.09 bits per heavy atom. The fraction of sp³-hybridized carbons (Fsp3) is 0.500. The molecule has 1 fully saturated rings. The minimum atomic E-state index is -2.83. The van der Waals surface area contributed by atoms with Crippen molar-refractivity contribution in [3.8, 4) is 0 Å². The number of benzene rings is 1. The van der Waals surface area contributed by atoms with Gasteiger partial charge >= 0.3 is 0 Å². The zero-order valence-corrected chi connectivity index (χ0v) is 14.1. The number of hydrogen-bond donors (Lipinski definition) is 1. The van der Waals surface area contributed by atoms with Gasteiger partial charge in [-0.2, -0.15) is 5.10 Å². The summed E-state index contributed by atoms with van der Waals surface area (Å²) in [6, 6.07) is 10.3. The molecule has 1 atom stereocenters. The normalized spacial score (nSPS) is 20.2. The summed E-state index contributed by atoms with van der Waals surface area (Å²) in [6.45, 7) is 0.767. The molecule has 1 aromatic heterocycles. The van der Waals surface area contributed by atoms with Crippen LogP contribution in [0.15, 0.2) is 30.3 Å². The number of nitrogens with zero attached hydrogens (tertiary/aromatic N) is 3. The van der Waals surface area contributed by atoms with Crippen LogP contribution in [0.2, 0.25) is 0 Å². The highest BCUT2D eigenvalue weighted by molar-refractivity contribution is 7.91. The second-order valence-electron chi connectivity index (χ2n) is 6.15. The van der Waals surface area contributed by atoms with Gasteiger partial charge in [-0.05, 0) is 19.0 Å². The maximum absolute atomic E-state index is 11.5. The average molecular weight is 334 g/mol. The molecule has 2 aromatic rings. The minimum absolute atomic E-state index is 0.128. The Labute approximate surface area is 136 Å². The van der Waals surface area contributed by atoms with Crippen molar-refractivity contribution in [3.63, 3.8) is 0 Å². The molecule has 1 aromatic carbocycles. The first-order valence-corrected chi connectivity index (χ1v) is 9.69. The van der Waals surface area contributed by atoms with E-state index in [0.717, 1.165) is 37.5 Å². The van der Waals surface area contributed by atoms with Crippen LogP contribution >= 0.6 is 0 Å². The van der Waals surface area contributed by atoms with Gasteiger partial charge in [0.1, 0.15) is 5.82 Å². The first kappa shape index (κ1) is 16.1. The fourth-order valence-electron chi connectivity index (χ4n) is 2.90. The third-order valence-corrected chi connectivity index (χ3v) is 6.06. The Balaban J connectivity index is 1.51. The largest absolute Gasteiger partial charge is 0.302 e. The summed E-state index contributed by atoms with van der Waals surface area (Å²) in [5.74, 6) is 2.22. The van der Waals surface area contributed by atoms with Crippen LogP contribution in [0.5, 0.6) is 0 Å². The molecule has 1 unspecified atom stereocenters. The summed E-state index contributed by atoms with van der Waals surface area (Å²) in [5.41, 5.74) is 1.20. The highest BCUT2D eigenvalue weighted by Crippen LogP contribution is 2.16. The van der Waals surface area contributed by atoms with Crippen LogP contribution in [0, 0.1) is 0 Å². The predicted octanol–water partition coefficient (Wildman–Crippen LogP) is 1.06. The van der Waals surface area contributed by atoms with Gasteiger partial charge in [-0.1, -0.05) is 30.3 Å². The van der Waals surface area contributed by atoms with E-state index in [2.05, 4.69) is 32.2 Å². The second-order valence-corrected chi connectivity index (χ2v) is 8.38. The zero-order chi connectivity index (χ0) is 16.3. The van der Waals surface area contributed by atoms with E-state index >= 15 is 0 Å². The van der Waals surface area contributed by atoms with Crippen LogP contribution in [-0.2, 0) is 22.7 Å². The summed E-state index contributed by atoms with van der Waals surface area (Å²) in [6.07, 6.45) is 2.19. The Morgan fingerprint density at radius 1 is 1.30 bits per heavy atom. The van der Waals surface area contributed by atoms with Crippen molar-refractivity contribution in [3.05, 3.63) is 47.5 Å². The second kappa shape index (κ2) is 6.80. The number of sulfone groups is 1. The van der Waals surface area contributed by atoms with Gasteiger partial charge in [-0.3, -0.25) is 5.10 Å².